The van der Waals surface area contributed by atoms with Gasteiger partial charge in [0.15, 0.2) is 0 Å². The lowest BCUT2D eigenvalue weighted by molar-refractivity contribution is 0.163. The number of aromatic hydroxyl groups is 1. The number of halogens is 4. The fourth-order valence-electron chi connectivity index (χ4n) is 2.54. The molecule has 0 spiro atoms. The van der Waals surface area contributed by atoms with Crippen LogP contribution in [-0.2, 0) is 0 Å². The first kappa shape index (κ1) is 19.4. The smallest absolute Gasteiger partial charge is 0.134 e. The van der Waals surface area contributed by atoms with Crippen LogP contribution in [0.5, 0.6) is 5.75 Å². The molecule has 116 valence electrons. The summed E-state index contributed by atoms with van der Waals surface area (Å²) in [6, 6.07) is 1.61. The van der Waals surface area contributed by atoms with Crippen molar-refractivity contribution >= 4 is 24.8 Å². The van der Waals surface area contributed by atoms with Crippen molar-refractivity contribution in [3.05, 3.63) is 29.3 Å². The number of phenols is 1. The Balaban J connectivity index is 0.00000180. The van der Waals surface area contributed by atoms with Gasteiger partial charge in [-0.3, -0.25) is 4.90 Å². The van der Waals surface area contributed by atoms with E-state index in [1.54, 1.807) is 0 Å². The van der Waals surface area contributed by atoms with Gasteiger partial charge in [-0.05, 0) is 6.42 Å². The van der Waals surface area contributed by atoms with Gasteiger partial charge in [-0.15, -0.1) is 24.8 Å². The van der Waals surface area contributed by atoms with Crippen molar-refractivity contribution < 1.29 is 13.9 Å². The summed E-state index contributed by atoms with van der Waals surface area (Å²) in [5, 5.41) is 13.0. The predicted octanol–water partition coefficient (Wildman–Crippen LogP) is 2.87. The zero-order chi connectivity index (χ0) is 13.1. The van der Waals surface area contributed by atoms with Crippen molar-refractivity contribution in [3.63, 3.8) is 0 Å². The second-order valence-corrected chi connectivity index (χ2v) is 4.53. The van der Waals surface area contributed by atoms with Crippen LogP contribution in [0.15, 0.2) is 12.1 Å². The van der Waals surface area contributed by atoms with E-state index in [1.807, 2.05) is 6.92 Å². The molecule has 0 saturated carbocycles. The van der Waals surface area contributed by atoms with Gasteiger partial charge in [0.05, 0.1) is 0 Å². The lowest BCUT2D eigenvalue weighted by Crippen LogP contribution is -2.45. The molecule has 1 saturated heterocycles. The third-order valence-electron chi connectivity index (χ3n) is 3.38. The number of hydrogen-bond acceptors (Lipinski definition) is 3. The Hall–Kier alpha value is -0.620. The van der Waals surface area contributed by atoms with Gasteiger partial charge in [-0.25, -0.2) is 8.78 Å². The lowest BCUT2D eigenvalue weighted by Gasteiger charge is -2.35. The molecule has 0 radical (unpaired) electrons. The number of benzene rings is 1. The molecule has 1 atom stereocenters. The number of piperazine rings is 1. The number of nitrogens with one attached hydrogen (secondary N) is 1. The van der Waals surface area contributed by atoms with Crippen LogP contribution in [0.3, 0.4) is 0 Å². The van der Waals surface area contributed by atoms with Crippen LogP contribution >= 0.6 is 24.8 Å². The van der Waals surface area contributed by atoms with Crippen molar-refractivity contribution in [3.8, 4) is 5.75 Å². The molecule has 0 amide bonds. The Morgan fingerprint density at radius 3 is 2.35 bits per heavy atom. The van der Waals surface area contributed by atoms with Crippen LogP contribution in [0, 0.1) is 11.6 Å². The summed E-state index contributed by atoms with van der Waals surface area (Å²) in [5.74, 6) is -1.71. The number of phenolic OH excluding ortho intramolecular Hbond substituents is 1. The number of hydrogen-bond donors (Lipinski definition) is 2. The molecule has 7 heteroatoms. The maximum atomic E-state index is 13.9. The highest BCUT2D eigenvalue weighted by Gasteiger charge is 2.26. The second-order valence-electron chi connectivity index (χ2n) is 4.53. The fourth-order valence-corrected chi connectivity index (χ4v) is 2.54. The maximum absolute atomic E-state index is 13.9. The van der Waals surface area contributed by atoms with Gasteiger partial charge >= 0.3 is 0 Å². The first-order chi connectivity index (χ1) is 8.63. The minimum Gasteiger partial charge on any atom is -0.507 e. The van der Waals surface area contributed by atoms with E-state index in [0.717, 1.165) is 38.3 Å². The van der Waals surface area contributed by atoms with E-state index in [9.17, 15) is 13.9 Å². The van der Waals surface area contributed by atoms with Gasteiger partial charge in [-0.2, -0.15) is 0 Å². The molecule has 2 N–H and O–H groups in total. The summed E-state index contributed by atoms with van der Waals surface area (Å²) >= 11 is 0. The molecular weight excluding hydrogens is 309 g/mol. The van der Waals surface area contributed by atoms with E-state index in [1.165, 1.54) is 0 Å². The molecule has 0 aliphatic carbocycles. The Morgan fingerprint density at radius 2 is 1.85 bits per heavy atom. The van der Waals surface area contributed by atoms with E-state index in [0.29, 0.717) is 6.42 Å². The first-order valence-electron chi connectivity index (χ1n) is 6.26. The van der Waals surface area contributed by atoms with Crippen LogP contribution < -0.4 is 5.32 Å². The zero-order valence-corrected chi connectivity index (χ0v) is 12.9. The summed E-state index contributed by atoms with van der Waals surface area (Å²) < 4.78 is 26.9. The van der Waals surface area contributed by atoms with Crippen molar-refractivity contribution in [1.29, 1.82) is 0 Å². The zero-order valence-electron chi connectivity index (χ0n) is 11.2. The van der Waals surface area contributed by atoms with Crippen molar-refractivity contribution in [2.24, 2.45) is 0 Å². The fraction of sp³-hybridized carbons (Fsp3) is 0.538. The third-order valence-corrected chi connectivity index (χ3v) is 3.38. The third kappa shape index (κ3) is 4.19. The standard InChI is InChI=1S/C13H18F2N2O.2ClH/c1-2-11(17-5-3-16-4-6-17)13-10(15)7-9(14)8-12(13)18;;/h7-8,11,16,18H,2-6H2,1H3;2*1H/t11-;;/m0../s1. The minimum atomic E-state index is -0.746. The topological polar surface area (TPSA) is 35.5 Å². The molecule has 0 bridgehead atoms. The molecule has 1 heterocycles. The maximum Gasteiger partial charge on any atom is 0.134 e. The largest absolute Gasteiger partial charge is 0.507 e. The van der Waals surface area contributed by atoms with Crippen LogP contribution in [-0.4, -0.2) is 36.2 Å². The summed E-state index contributed by atoms with van der Waals surface area (Å²) in [6.45, 7) is 5.23. The lowest BCUT2D eigenvalue weighted by atomic mass is 10.00. The van der Waals surface area contributed by atoms with Gasteiger partial charge < -0.3 is 10.4 Å². The normalized spacial score (nSPS) is 16.9. The molecule has 3 nitrogen and oxygen atoms in total. The average molecular weight is 329 g/mol. The first-order valence-corrected chi connectivity index (χ1v) is 6.26. The van der Waals surface area contributed by atoms with E-state index >= 15 is 0 Å². The molecule has 1 aliphatic heterocycles. The van der Waals surface area contributed by atoms with Gasteiger partial charge in [0, 0.05) is 49.9 Å². The Morgan fingerprint density at radius 1 is 1.25 bits per heavy atom. The van der Waals surface area contributed by atoms with E-state index in [-0.39, 0.29) is 42.2 Å². The molecule has 0 aromatic heterocycles. The molecule has 1 aromatic carbocycles. The minimum absolute atomic E-state index is 0. The summed E-state index contributed by atoms with van der Waals surface area (Å²) in [5.41, 5.74) is 0.209. The number of nitrogens with zero attached hydrogens (tertiary/aromatic N) is 1. The molecule has 0 unspecified atom stereocenters. The molecule has 1 aliphatic rings. The average Bonchev–Trinajstić information content (AvgIpc) is 2.34. The molecule has 20 heavy (non-hydrogen) atoms. The van der Waals surface area contributed by atoms with Crippen molar-refractivity contribution in [1.82, 2.24) is 10.2 Å². The Bertz CT molecular complexity index is 406. The van der Waals surface area contributed by atoms with Gasteiger partial charge in [0.25, 0.3) is 0 Å². The summed E-state index contributed by atoms with van der Waals surface area (Å²) in [7, 11) is 0. The summed E-state index contributed by atoms with van der Waals surface area (Å²) in [6.07, 6.45) is 0.677. The Kier molecular flexibility index (Phi) is 8.35. The highest BCUT2D eigenvalue weighted by atomic mass is 35.5. The van der Waals surface area contributed by atoms with Crippen LogP contribution in [0.4, 0.5) is 8.78 Å². The van der Waals surface area contributed by atoms with Gasteiger partial charge in [-0.1, -0.05) is 6.92 Å². The highest BCUT2D eigenvalue weighted by molar-refractivity contribution is 5.85. The van der Waals surface area contributed by atoms with Crippen LogP contribution in [0.2, 0.25) is 0 Å². The highest BCUT2D eigenvalue weighted by Crippen LogP contribution is 2.34. The van der Waals surface area contributed by atoms with Gasteiger partial charge in [0.1, 0.15) is 17.4 Å². The molecule has 1 aromatic rings. The predicted molar refractivity (Wildman–Crippen MR) is 80.0 cm³/mol. The van der Waals surface area contributed by atoms with E-state index < -0.39 is 11.6 Å². The SMILES string of the molecule is CC[C@@H](c1c(O)cc(F)cc1F)N1CCNCC1.Cl.Cl. The van der Waals surface area contributed by atoms with Crippen LogP contribution in [0.1, 0.15) is 24.9 Å². The molecule has 2 rings (SSSR count). The van der Waals surface area contributed by atoms with Crippen molar-refractivity contribution in [2.45, 2.75) is 19.4 Å². The second kappa shape index (κ2) is 8.62. The number of rotatable bonds is 3. The van der Waals surface area contributed by atoms with Crippen molar-refractivity contribution in [2.75, 3.05) is 26.2 Å². The quantitative estimate of drug-likeness (QED) is 0.895. The van der Waals surface area contributed by atoms with E-state index in [2.05, 4.69) is 10.2 Å². The Labute approximate surface area is 130 Å². The van der Waals surface area contributed by atoms with Crippen LogP contribution in [0.25, 0.3) is 0 Å². The van der Waals surface area contributed by atoms with Gasteiger partial charge in [0.2, 0.25) is 0 Å². The molecule has 1 fully saturated rings. The molecular formula is C13H20Cl2F2N2O. The van der Waals surface area contributed by atoms with E-state index in [4.69, 9.17) is 0 Å². The monoisotopic (exact) mass is 328 g/mol. The summed E-state index contributed by atoms with van der Waals surface area (Å²) in [4.78, 5) is 2.12.